The molecule has 1 amide bonds. The summed E-state index contributed by atoms with van der Waals surface area (Å²) < 4.78 is 22.8. The lowest BCUT2D eigenvalue weighted by molar-refractivity contribution is 0.0950. The number of amides is 1. The van der Waals surface area contributed by atoms with Gasteiger partial charge in [-0.2, -0.15) is 0 Å². The van der Waals surface area contributed by atoms with E-state index in [4.69, 9.17) is 0 Å². The Morgan fingerprint density at radius 3 is 2.58 bits per heavy atom. The highest BCUT2D eigenvalue weighted by Crippen LogP contribution is 2.17. The zero-order valence-corrected chi connectivity index (χ0v) is 15.6. The summed E-state index contributed by atoms with van der Waals surface area (Å²) in [6.07, 6.45) is 5.38. The molecule has 0 unspecified atom stereocenters. The van der Waals surface area contributed by atoms with Crippen LogP contribution in [0, 0.1) is 0 Å². The smallest absolute Gasteiger partial charge is 0.251 e. The summed E-state index contributed by atoms with van der Waals surface area (Å²) in [6.45, 7) is 2.47. The van der Waals surface area contributed by atoms with E-state index in [1.165, 1.54) is 19.1 Å². The molecule has 3 rings (SSSR count). The van der Waals surface area contributed by atoms with E-state index in [1.54, 1.807) is 30.5 Å². The average molecular weight is 373 g/mol. The van der Waals surface area contributed by atoms with Crippen molar-refractivity contribution in [2.24, 2.45) is 0 Å². The fourth-order valence-corrected chi connectivity index (χ4v) is 3.83. The van der Waals surface area contributed by atoms with Crippen LogP contribution < -0.4 is 10.2 Å². The molecular formula is C19H23N3O3S. The molecule has 0 radical (unpaired) electrons. The standard InChI is InChI=1S/C19H23N3O3S/c1-26(24,25)14-15-5-4-6-17(11-15)19(23)21-13-16-7-8-18(20-12-16)22-9-2-3-10-22/h4-8,11-12H,2-3,9-10,13-14H2,1H3,(H,21,23). The molecule has 1 fully saturated rings. The Balaban J connectivity index is 1.59. The Kier molecular flexibility index (Phi) is 5.56. The molecule has 1 aliphatic heterocycles. The van der Waals surface area contributed by atoms with E-state index in [-0.39, 0.29) is 11.7 Å². The SMILES string of the molecule is CS(=O)(=O)Cc1cccc(C(=O)NCc2ccc(N3CCCC3)nc2)c1. The lowest BCUT2D eigenvalue weighted by atomic mass is 10.1. The molecule has 7 heteroatoms. The number of rotatable bonds is 6. The van der Waals surface area contributed by atoms with Gasteiger partial charge in [-0.15, -0.1) is 0 Å². The summed E-state index contributed by atoms with van der Waals surface area (Å²) in [7, 11) is -3.13. The number of pyridine rings is 1. The Morgan fingerprint density at radius 1 is 1.15 bits per heavy atom. The predicted octanol–water partition coefficient (Wildman–Crippen LogP) is 2.16. The number of hydrogen-bond donors (Lipinski definition) is 1. The first-order valence-corrected chi connectivity index (χ1v) is 10.7. The van der Waals surface area contributed by atoms with Gasteiger partial charge in [-0.25, -0.2) is 13.4 Å². The van der Waals surface area contributed by atoms with Gasteiger partial charge < -0.3 is 10.2 Å². The van der Waals surface area contributed by atoms with Crippen LogP contribution in [0.15, 0.2) is 42.6 Å². The lowest BCUT2D eigenvalue weighted by Crippen LogP contribution is -2.23. The molecule has 1 N–H and O–H groups in total. The van der Waals surface area contributed by atoms with Gasteiger partial charge in [0.1, 0.15) is 5.82 Å². The van der Waals surface area contributed by atoms with Crippen LogP contribution in [0.3, 0.4) is 0 Å². The van der Waals surface area contributed by atoms with Gasteiger partial charge in [-0.3, -0.25) is 4.79 Å². The predicted molar refractivity (Wildman–Crippen MR) is 102 cm³/mol. The maximum absolute atomic E-state index is 12.3. The summed E-state index contributed by atoms with van der Waals surface area (Å²) in [5.74, 6) is 0.672. The van der Waals surface area contributed by atoms with Crippen molar-refractivity contribution in [1.29, 1.82) is 0 Å². The second kappa shape index (κ2) is 7.86. The van der Waals surface area contributed by atoms with Crippen LogP contribution in [0.25, 0.3) is 0 Å². The Bertz CT molecular complexity index is 873. The van der Waals surface area contributed by atoms with Crippen LogP contribution in [0.5, 0.6) is 0 Å². The van der Waals surface area contributed by atoms with Crippen LogP contribution >= 0.6 is 0 Å². The third-order valence-electron chi connectivity index (χ3n) is 4.31. The van der Waals surface area contributed by atoms with E-state index in [1.807, 2.05) is 12.1 Å². The molecule has 138 valence electrons. The van der Waals surface area contributed by atoms with Gasteiger partial charge in [0.2, 0.25) is 0 Å². The first kappa shape index (κ1) is 18.4. The molecular weight excluding hydrogens is 350 g/mol. The Hall–Kier alpha value is -2.41. The molecule has 1 aromatic heterocycles. The minimum absolute atomic E-state index is 0.0734. The second-order valence-electron chi connectivity index (χ2n) is 6.67. The van der Waals surface area contributed by atoms with Gasteiger partial charge in [-0.1, -0.05) is 18.2 Å². The summed E-state index contributed by atoms with van der Waals surface area (Å²) in [4.78, 5) is 19.1. The number of nitrogens with zero attached hydrogens (tertiary/aromatic N) is 2. The van der Waals surface area contributed by atoms with Crippen molar-refractivity contribution in [2.45, 2.75) is 25.1 Å². The fraction of sp³-hybridized carbons (Fsp3) is 0.368. The lowest BCUT2D eigenvalue weighted by Gasteiger charge is -2.16. The first-order valence-electron chi connectivity index (χ1n) is 8.65. The van der Waals surface area contributed by atoms with Gasteiger partial charge in [0.15, 0.2) is 9.84 Å². The summed E-state index contributed by atoms with van der Waals surface area (Å²) >= 11 is 0. The molecule has 1 aliphatic rings. The van der Waals surface area contributed by atoms with Gasteiger partial charge in [0.25, 0.3) is 5.91 Å². The maximum atomic E-state index is 12.3. The quantitative estimate of drug-likeness (QED) is 0.839. The molecule has 26 heavy (non-hydrogen) atoms. The first-order chi connectivity index (χ1) is 12.4. The third-order valence-corrected chi connectivity index (χ3v) is 5.17. The highest BCUT2D eigenvalue weighted by Gasteiger charge is 2.13. The van der Waals surface area contributed by atoms with E-state index in [0.29, 0.717) is 17.7 Å². The van der Waals surface area contributed by atoms with E-state index < -0.39 is 9.84 Å². The van der Waals surface area contributed by atoms with Gasteiger partial charge in [-0.05, 0) is 42.2 Å². The molecule has 6 nitrogen and oxygen atoms in total. The molecule has 2 heterocycles. The third kappa shape index (κ3) is 5.05. The molecule has 0 spiro atoms. The molecule has 1 saturated heterocycles. The highest BCUT2D eigenvalue weighted by molar-refractivity contribution is 7.89. The van der Waals surface area contributed by atoms with Crippen LogP contribution in [0.1, 0.15) is 34.3 Å². The van der Waals surface area contributed by atoms with Gasteiger partial charge in [0.05, 0.1) is 5.75 Å². The summed E-state index contributed by atoms with van der Waals surface area (Å²) in [5.41, 5.74) is 1.98. The van der Waals surface area contributed by atoms with Crippen LogP contribution in [-0.2, 0) is 22.1 Å². The number of carbonyl (C=O) groups excluding carboxylic acids is 1. The van der Waals surface area contributed by atoms with Crippen LogP contribution in [0.2, 0.25) is 0 Å². The maximum Gasteiger partial charge on any atom is 0.251 e. The largest absolute Gasteiger partial charge is 0.357 e. The van der Waals surface area contributed by atoms with E-state index in [2.05, 4.69) is 15.2 Å². The van der Waals surface area contributed by atoms with Crippen molar-refractivity contribution in [1.82, 2.24) is 10.3 Å². The average Bonchev–Trinajstić information content (AvgIpc) is 3.13. The second-order valence-corrected chi connectivity index (χ2v) is 8.81. The van der Waals surface area contributed by atoms with Crippen molar-refractivity contribution in [2.75, 3.05) is 24.2 Å². The number of nitrogens with one attached hydrogen (secondary N) is 1. The molecule has 0 saturated carbocycles. The number of hydrogen-bond acceptors (Lipinski definition) is 5. The monoisotopic (exact) mass is 373 g/mol. The van der Waals surface area contributed by atoms with E-state index in [9.17, 15) is 13.2 Å². The van der Waals surface area contributed by atoms with Crippen molar-refractivity contribution in [3.8, 4) is 0 Å². The Morgan fingerprint density at radius 2 is 1.92 bits per heavy atom. The summed E-state index contributed by atoms with van der Waals surface area (Å²) in [6, 6.07) is 10.7. The minimum Gasteiger partial charge on any atom is -0.357 e. The van der Waals surface area contributed by atoms with Crippen molar-refractivity contribution in [3.05, 3.63) is 59.3 Å². The molecule has 2 aromatic rings. The van der Waals surface area contributed by atoms with E-state index in [0.717, 1.165) is 24.5 Å². The summed E-state index contributed by atoms with van der Waals surface area (Å²) in [5, 5.41) is 2.85. The number of aromatic nitrogens is 1. The molecule has 1 aromatic carbocycles. The van der Waals surface area contributed by atoms with Crippen molar-refractivity contribution < 1.29 is 13.2 Å². The zero-order valence-electron chi connectivity index (χ0n) is 14.8. The fourth-order valence-electron chi connectivity index (χ4n) is 3.04. The molecule has 0 bridgehead atoms. The van der Waals surface area contributed by atoms with Crippen LogP contribution in [0.4, 0.5) is 5.82 Å². The van der Waals surface area contributed by atoms with Gasteiger partial charge in [0, 0.05) is 37.7 Å². The molecule has 0 aliphatic carbocycles. The minimum atomic E-state index is -3.13. The number of benzene rings is 1. The number of carbonyl (C=O) groups is 1. The van der Waals surface area contributed by atoms with E-state index >= 15 is 0 Å². The van der Waals surface area contributed by atoms with Crippen molar-refractivity contribution >= 4 is 21.6 Å². The van der Waals surface area contributed by atoms with Crippen molar-refractivity contribution in [3.63, 3.8) is 0 Å². The zero-order chi connectivity index (χ0) is 18.6. The number of anilines is 1. The normalized spacial score (nSPS) is 14.4. The number of sulfone groups is 1. The van der Waals surface area contributed by atoms with Gasteiger partial charge >= 0.3 is 0 Å². The topological polar surface area (TPSA) is 79.4 Å². The highest BCUT2D eigenvalue weighted by atomic mass is 32.2. The Labute approximate surface area is 154 Å². The molecule has 0 atom stereocenters. The van der Waals surface area contributed by atoms with Crippen LogP contribution in [-0.4, -0.2) is 38.7 Å².